The van der Waals surface area contributed by atoms with Gasteiger partial charge < -0.3 is 40.7 Å². The Morgan fingerprint density at radius 1 is 1.07 bits per heavy atom. The lowest BCUT2D eigenvalue weighted by atomic mass is 9.89. The zero-order chi connectivity index (χ0) is 40.3. The van der Waals surface area contributed by atoms with Gasteiger partial charge in [-0.1, -0.05) is 71.4 Å². The highest BCUT2D eigenvalue weighted by atomic mass is 32.1. The van der Waals surface area contributed by atoms with E-state index < -0.39 is 47.8 Å². The fourth-order valence-electron chi connectivity index (χ4n) is 7.36. The van der Waals surface area contributed by atoms with Crippen molar-refractivity contribution in [3.05, 3.63) is 52.5 Å². The number of likely N-dealkylation sites (N-methyl/N-ethyl adjacent to an activating group) is 1. The van der Waals surface area contributed by atoms with E-state index in [1.807, 2.05) is 70.3 Å². The minimum atomic E-state index is -1.48. The average molecular weight is 773 g/mol. The number of carbonyl (C=O) groups is 4. The fourth-order valence-corrected chi connectivity index (χ4v) is 8.05. The first-order valence-corrected chi connectivity index (χ1v) is 20.0. The Kier molecular flexibility index (Phi) is 17.0. The molecule has 14 heteroatoms. The van der Waals surface area contributed by atoms with Gasteiger partial charge in [-0.15, -0.1) is 11.3 Å². The van der Waals surface area contributed by atoms with Crippen molar-refractivity contribution >= 4 is 35.0 Å². The highest BCUT2D eigenvalue weighted by Gasteiger charge is 2.43. The Hall–Kier alpha value is -3.43. The molecule has 0 unspecified atom stereocenters. The van der Waals surface area contributed by atoms with E-state index in [1.54, 1.807) is 30.2 Å². The molecule has 0 aliphatic carbocycles. The van der Waals surface area contributed by atoms with Crippen LogP contribution in [0, 0.1) is 17.8 Å². The van der Waals surface area contributed by atoms with Crippen molar-refractivity contribution in [1.29, 1.82) is 0 Å². The van der Waals surface area contributed by atoms with Gasteiger partial charge in [-0.2, -0.15) is 0 Å². The van der Waals surface area contributed by atoms with E-state index in [4.69, 9.17) is 15.2 Å². The van der Waals surface area contributed by atoms with E-state index in [0.29, 0.717) is 25.8 Å². The van der Waals surface area contributed by atoms with Gasteiger partial charge in [-0.05, 0) is 50.5 Å². The molecule has 2 aromatic rings. The van der Waals surface area contributed by atoms with Crippen LogP contribution in [-0.2, 0) is 35.1 Å². The van der Waals surface area contributed by atoms with E-state index in [1.165, 1.54) is 32.3 Å². The molecule has 9 atom stereocenters. The van der Waals surface area contributed by atoms with Gasteiger partial charge in [0, 0.05) is 39.4 Å². The van der Waals surface area contributed by atoms with Crippen LogP contribution in [0.4, 0.5) is 0 Å². The number of likely N-dealkylation sites (tertiary alicyclic amines) is 1. The van der Waals surface area contributed by atoms with Crippen molar-refractivity contribution in [1.82, 2.24) is 25.4 Å². The number of amides is 4. The second-order valence-corrected chi connectivity index (χ2v) is 16.5. The van der Waals surface area contributed by atoms with Crippen LogP contribution in [-0.4, -0.2) is 113 Å². The molecule has 54 heavy (non-hydrogen) atoms. The smallest absolute Gasteiger partial charge is 0.245 e. The third-order valence-electron chi connectivity index (χ3n) is 10.9. The molecule has 0 spiro atoms. The summed E-state index contributed by atoms with van der Waals surface area (Å²) in [7, 11) is 4.78. The van der Waals surface area contributed by atoms with Crippen molar-refractivity contribution in [2.45, 2.75) is 129 Å². The Morgan fingerprint density at radius 3 is 2.28 bits per heavy atom. The monoisotopic (exact) mass is 772 g/mol. The second kappa shape index (κ2) is 20.5. The van der Waals surface area contributed by atoms with Crippen LogP contribution in [0.2, 0.25) is 0 Å². The van der Waals surface area contributed by atoms with Gasteiger partial charge in [0.2, 0.25) is 23.6 Å². The number of nitrogens with two attached hydrogens (primary N) is 1. The average Bonchev–Trinajstić information content (AvgIpc) is 3.86. The summed E-state index contributed by atoms with van der Waals surface area (Å²) in [4.78, 5) is 63.0. The van der Waals surface area contributed by atoms with Crippen LogP contribution in [0.15, 0.2) is 41.9 Å². The Labute approximate surface area is 325 Å². The highest BCUT2D eigenvalue weighted by Crippen LogP contribution is 2.30. The third kappa shape index (κ3) is 11.5. The summed E-state index contributed by atoms with van der Waals surface area (Å²) in [5, 5.41) is 19.0. The molecule has 1 aromatic heterocycles. The van der Waals surface area contributed by atoms with Crippen LogP contribution >= 0.6 is 11.3 Å². The number of hydrogen-bond acceptors (Lipinski definition) is 10. The quantitative estimate of drug-likeness (QED) is 0.156. The first-order chi connectivity index (χ1) is 25.5. The molecule has 0 bridgehead atoms. The first kappa shape index (κ1) is 45.0. The van der Waals surface area contributed by atoms with Gasteiger partial charge in [0.05, 0.1) is 48.3 Å². The van der Waals surface area contributed by atoms with Crippen molar-refractivity contribution < 1.29 is 33.8 Å². The van der Waals surface area contributed by atoms with Crippen molar-refractivity contribution in [2.24, 2.45) is 23.5 Å². The summed E-state index contributed by atoms with van der Waals surface area (Å²) in [6.07, 6.45) is 3.23. The normalized spacial score (nSPS) is 19.3. The van der Waals surface area contributed by atoms with Gasteiger partial charge in [0.1, 0.15) is 17.1 Å². The molecule has 2 heterocycles. The predicted molar refractivity (Wildman–Crippen MR) is 210 cm³/mol. The number of hydrogen-bond donors (Lipinski definition) is 4. The number of ether oxygens (including phenoxy) is 2. The van der Waals surface area contributed by atoms with Gasteiger partial charge in [-0.25, -0.2) is 4.98 Å². The topological polar surface area (TPSA) is 176 Å². The minimum absolute atomic E-state index is 0.00210. The molecule has 1 saturated heterocycles. The highest BCUT2D eigenvalue weighted by molar-refractivity contribution is 7.09. The Bertz CT molecular complexity index is 1490. The van der Waals surface area contributed by atoms with Gasteiger partial charge in [0.15, 0.2) is 0 Å². The number of thiazole rings is 1. The lowest BCUT2D eigenvalue weighted by Gasteiger charge is -2.41. The molecule has 5 N–H and O–H groups in total. The molecular weight excluding hydrogens is 709 g/mol. The van der Waals surface area contributed by atoms with Crippen LogP contribution < -0.4 is 16.4 Å². The summed E-state index contributed by atoms with van der Waals surface area (Å²) in [5.74, 6) is -2.24. The largest absolute Gasteiger partial charge is 0.388 e. The maximum atomic E-state index is 14.2. The van der Waals surface area contributed by atoms with Crippen molar-refractivity contribution in [3.8, 4) is 0 Å². The number of methoxy groups -OCH3 is 2. The van der Waals surface area contributed by atoms with Gasteiger partial charge in [-0.3, -0.25) is 19.2 Å². The fraction of sp³-hybridized carbons (Fsp3) is 0.675. The first-order valence-electron chi connectivity index (χ1n) is 19.1. The molecule has 0 radical (unpaired) electrons. The number of nitrogens with zero attached hydrogens (tertiary/aromatic N) is 3. The summed E-state index contributed by atoms with van der Waals surface area (Å²) in [6.45, 7) is 12.9. The second-order valence-electron chi connectivity index (χ2n) is 15.6. The standard InChI is InChI=1S/C40H64N6O7S/c1-11-25(4)33(45(8)39(50)32(24(2)3)44-37(49)35(41)40(6,7)51)30(52-9)23-31(47)46-20-15-18-29(46)34(53-10)26(5)36(48)43-28(38-42-19-21-54-38)22-27-16-13-12-14-17-27/h12-14,16-17,19,21,24-26,28-30,32-35,51H,11,15,18,20,22-23,41H2,1-10H3,(H,43,48)(H,44,49)/t25-,26+,28-,29-,30+,32-,33-,34+,35+/m0/s1. The lowest BCUT2D eigenvalue weighted by molar-refractivity contribution is -0.148. The molecule has 3 rings (SSSR count). The summed E-state index contributed by atoms with van der Waals surface area (Å²) < 4.78 is 12.0. The Morgan fingerprint density at radius 2 is 1.74 bits per heavy atom. The van der Waals surface area contributed by atoms with Crippen molar-refractivity contribution in [3.63, 3.8) is 0 Å². The van der Waals surface area contributed by atoms with Gasteiger partial charge in [0.25, 0.3) is 0 Å². The number of nitrogens with one attached hydrogen (secondary N) is 2. The van der Waals surface area contributed by atoms with Crippen LogP contribution in [0.3, 0.4) is 0 Å². The van der Waals surface area contributed by atoms with Gasteiger partial charge >= 0.3 is 0 Å². The Balaban J connectivity index is 1.78. The van der Waals surface area contributed by atoms with E-state index in [0.717, 1.165) is 17.0 Å². The number of benzene rings is 1. The molecule has 1 aromatic carbocycles. The molecule has 1 aliphatic heterocycles. The van der Waals surface area contributed by atoms with E-state index in [9.17, 15) is 24.3 Å². The van der Waals surface area contributed by atoms with E-state index in [2.05, 4.69) is 15.6 Å². The summed E-state index contributed by atoms with van der Waals surface area (Å²) >= 11 is 1.49. The number of aromatic nitrogens is 1. The molecule has 302 valence electrons. The summed E-state index contributed by atoms with van der Waals surface area (Å²) in [6, 6.07) is 6.64. The molecule has 1 aliphatic rings. The van der Waals surface area contributed by atoms with E-state index in [-0.39, 0.29) is 48.1 Å². The number of rotatable bonds is 20. The molecule has 1 fully saturated rings. The molecule has 0 saturated carbocycles. The maximum absolute atomic E-state index is 14.2. The number of carbonyl (C=O) groups excluding carboxylic acids is 4. The van der Waals surface area contributed by atoms with Crippen LogP contribution in [0.5, 0.6) is 0 Å². The number of aliphatic hydroxyl groups is 1. The molecule has 4 amide bonds. The van der Waals surface area contributed by atoms with Crippen molar-refractivity contribution in [2.75, 3.05) is 27.8 Å². The summed E-state index contributed by atoms with van der Waals surface area (Å²) in [5.41, 5.74) is 5.60. The molecule has 13 nitrogen and oxygen atoms in total. The molecular formula is C40H64N6O7S. The minimum Gasteiger partial charge on any atom is -0.388 e. The van der Waals surface area contributed by atoms with E-state index >= 15 is 0 Å². The predicted octanol–water partition coefficient (Wildman–Crippen LogP) is 3.70. The zero-order valence-corrected chi connectivity index (χ0v) is 34.6. The third-order valence-corrected chi connectivity index (χ3v) is 11.8. The maximum Gasteiger partial charge on any atom is 0.245 e. The lowest BCUT2D eigenvalue weighted by Crippen LogP contribution is -2.61. The SMILES string of the molecule is CC[C@H](C)[C@@H]([C@@H](CC(=O)N1CCC[C@H]1[C@H](OC)[C@@H](C)C(=O)N[C@@H](Cc1ccccc1)c1nccs1)OC)N(C)C(=O)[C@@H](NC(=O)[C@@H](N)C(C)(C)O)C(C)C. The zero-order valence-electron chi connectivity index (χ0n) is 33.8. The van der Waals surface area contributed by atoms with Crippen LogP contribution in [0.25, 0.3) is 0 Å². The van der Waals surface area contributed by atoms with Crippen LogP contribution in [0.1, 0.15) is 90.8 Å².